The Morgan fingerprint density at radius 3 is 2.54 bits per heavy atom. The maximum absolute atomic E-state index is 13.0. The van der Waals surface area contributed by atoms with E-state index in [0.717, 1.165) is 16.5 Å². The van der Waals surface area contributed by atoms with E-state index in [1.165, 1.54) is 24.3 Å². The number of carbonyl (C=O) groups excluding carboxylic acids is 2. The van der Waals surface area contributed by atoms with Crippen LogP contribution >= 0.6 is 0 Å². The first-order valence-electron chi connectivity index (χ1n) is 7.34. The fraction of sp³-hybridized carbons (Fsp3) is 0.111. The molecule has 0 saturated heterocycles. The first-order valence-corrected chi connectivity index (χ1v) is 7.34. The molecule has 2 aromatic carbocycles. The van der Waals surface area contributed by atoms with Crippen molar-refractivity contribution in [1.29, 1.82) is 0 Å². The molecule has 0 spiro atoms. The van der Waals surface area contributed by atoms with Crippen molar-refractivity contribution in [3.05, 3.63) is 71.7 Å². The number of para-hydroxylation sites is 1. The van der Waals surface area contributed by atoms with E-state index in [9.17, 15) is 14.0 Å². The summed E-state index contributed by atoms with van der Waals surface area (Å²) in [7, 11) is 0. The molecule has 0 aliphatic rings. The number of primary amides is 1. The first-order chi connectivity index (χ1) is 11.5. The van der Waals surface area contributed by atoms with Gasteiger partial charge in [-0.2, -0.15) is 0 Å². The van der Waals surface area contributed by atoms with Gasteiger partial charge in [-0.25, -0.2) is 4.39 Å². The van der Waals surface area contributed by atoms with Crippen molar-refractivity contribution in [3.63, 3.8) is 0 Å². The lowest BCUT2D eigenvalue weighted by Crippen LogP contribution is -2.26. The zero-order chi connectivity index (χ0) is 17.1. The van der Waals surface area contributed by atoms with Crippen LogP contribution in [0.1, 0.15) is 17.2 Å². The summed E-state index contributed by atoms with van der Waals surface area (Å²) in [4.78, 5) is 26.8. The SMILES string of the molecule is NC(=O)[C@@H](OC(=O)Cc1c[nH]c2ccccc12)c1ccc(F)cc1. The topological polar surface area (TPSA) is 85.2 Å². The summed E-state index contributed by atoms with van der Waals surface area (Å²) in [5.74, 6) is -1.85. The molecule has 0 fully saturated rings. The summed E-state index contributed by atoms with van der Waals surface area (Å²) >= 11 is 0. The van der Waals surface area contributed by atoms with Gasteiger partial charge in [-0.1, -0.05) is 30.3 Å². The van der Waals surface area contributed by atoms with Crippen LogP contribution in [0.2, 0.25) is 0 Å². The van der Waals surface area contributed by atoms with Crippen LogP contribution in [0, 0.1) is 5.82 Å². The van der Waals surface area contributed by atoms with Crippen LogP contribution in [0.25, 0.3) is 10.9 Å². The highest BCUT2D eigenvalue weighted by molar-refractivity contribution is 5.88. The molecule has 6 heteroatoms. The third kappa shape index (κ3) is 3.27. The number of ether oxygens (including phenoxy) is 1. The fourth-order valence-corrected chi connectivity index (χ4v) is 2.53. The molecule has 0 saturated carbocycles. The van der Waals surface area contributed by atoms with Gasteiger partial charge in [-0.3, -0.25) is 9.59 Å². The van der Waals surface area contributed by atoms with Gasteiger partial charge in [0.25, 0.3) is 5.91 Å². The summed E-state index contributed by atoms with van der Waals surface area (Å²) in [6.45, 7) is 0. The van der Waals surface area contributed by atoms with E-state index in [1.54, 1.807) is 6.20 Å². The van der Waals surface area contributed by atoms with E-state index in [-0.39, 0.29) is 6.42 Å². The monoisotopic (exact) mass is 326 g/mol. The summed E-state index contributed by atoms with van der Waals surface area (Å²) in [5.41, 5.74) is 7.30. The number of nitrogens with two attached hydrogens (primary N) is 1. The molecular formula is C18H15FN2O3. The van der Waals surface area contributed by atoms with Gasteiger partial charge in [0, 0.05) is 22.7 Å². The molecule has 5 nitrogen and oxygen atoms in total. The molecule has 3 rings (SSSR count). The zero-order valence-corrected chi connectivity index (χ0v) is 12.7. The highest BCUT2D eigenvalue weighted by atomic mass is 19.1. The molecule has 0 unspecified atom stereocenters. The molecule has 3 N–H and O–H groups in total. The Bertz CT molecular complexity index is 887. The lowest BCUT2D eigenvalue weighted by Gasteiger charge is -2.15. The number of aromatic amines is 1. The van der Waals surface area contributed by atoms with E-state index in [2.05, 4.69) is 4.98 Å². The molecule has 1 aromatic heterocycles. The Labute approximate surface area is 137 Å². The number of halogens is 1. The first kappa shape index (κ1) is 15.7. The van der Waals surface area contributed by atoms with Crippen LogP contribution in [-0.2, 0) is 20.7 Å². The molecule has 0 aliphatic carbocycles. The standard InChI is InChI=1S/C18H15FN2O3/c19-13-7-5-11(6-8-13)17(18(20)23)24-16(22)9-12-10-21-15-4-2-1-3-14(12)15/h1-8,10,17,21H,9H2,(H2,20,23)/t17-/m0/s1. The van der Waals surface area contributed by atoms with Crippen molar-refractivity contribution in [1.82, 2.24) is 4.98 Å². The highest BCUT2D eigenvalue weighted by Crippen LogP contribution is 2.21. The summed E-state index contributed by atoms with van der Waals surface area (Å²) in [6, 6.07) is 12.6. The lowest BCUT2D eigenvalue weighted by atomic mass is 10.1. The van der Waals surface area contributed by atoms with Crippen molar-refractivity contribution >= 4 is 22.8 Å². The Balaban J connectivity index is 1.76. The van der Waals surface area contributed by atoms with Crippen LogP contribution in [-0.4, -0.2) is 16.9 Å². The summed E-state index contributed by atoms with van der Waals surface area (Å²) in [5, 5.41) is 0.909. The Kier molecular flexibility index (Phi) is 4.29. The van der Waals surface area contributed by atoms with Crippen LogP contribution in [0.4, 0.5) is 4.39 Å². The number of nitrogens with one attached hydrogen (secondary N) is 1. The number of H-pyrrole nitrogens is 1. The van der Waals surface area contributed by atoms with Crippen molar-refractivity contribution < 1.29 is 18.7 Å². The van der Waals surface area contributed by atoms with Crippen molar-refractivity contribution in [2.24, 2.45) is 5.73 Å². The van der Waals surface area contributed by atoms with Gasteiger partial charge in [-0.15, -0.1) is 0 Å². The van der Waals surface area contributed by atoms with Gasteiger partial charge in [-0.05, 0) is 23.8 Å². The van der Waals surface area contributed by atoms with Gasteiger partial charge in [0.2, 0.25) is 6.10 Å². The summed E-state index contributed by atoms with van der Waals surface area (Å²) in [6.07, 6.45) is 0.473. The van der Waals surface area contributed by atoms with Crippen LogP contribution in [0.15, 0.2) is 54.7 Å². The molecule has 0 bridgehead atoms. The van der Waals surface area contributed by atoms with Crippen molar-refractivity contribution in [2.45, 2.75) is 12.5 Å². The predicted octanol–water partition coefficient (Wildman–Crippen LogP) is 2.62. The van der Waals surface area contributed by atoms with Crippen molar-refractivity contribution in [3.8, 4) is 0 Å². The Morgan fingerprint density at radius 1 is 1.12 bits per heavy atom. The molecule has 24 heavy (non-hydrogen) atoms. The van der Waals surface area contributed by atoms with Crippen LogP contribution < -0.4 is 5.73 Å². The average molecular weight is 326 g/mol. The quantitative estimate of drug-likeness (QED) is 0.707. The number of fused-ring (bicyclic) bond motifs is 1. The minimum Gasteiger partial charge on any atom is -0.447 e. The molecule has 0 radical (unpaired) electrons. The maximum Gasteiger partial charge on any atom is 0.311 e. The molecule has 122 valence electrons. The smallest absolute Gasteiger partial charge is 0.311 e. The van der Waals surface area contributed by atoms with Crippen LogP contribution in [0.3, 0.4) is 0 Å². The molecular weight excluding hydrogens is 311 g/mol. The summed E-state index contributed by atoms with van der Waals surface area (Å²) < 4.78 is 18.2. The van der Waals surface area contributed by atoms with E-state index < -0.39 is 23.8 Å². The second-order valence-corrected chi connectivity index (χ2v) is 5.36. The van der Waals surface area contributed by atoms with Crippen LogP contribution in [0.5, 0.6) is 0 Å². The number of aromatic nitrogens is 1. The van der Waals surface area contributed by atoms with Gasteiger partial charge in [0.1, 0.15) is 5.82 Å². The van der Waals surface area contributed by atoms with Crippen molar-refractivity contribution in [2.75, 3.05) is 0 Å². The largest absolute Gasteiger partial charge is 0.447 e. The van der Waals surface area contributed by atoms with E-state index >= 15 is 0 Å². The number of rotatable bonds is 5. The van der Waals surface area contributed by atoms with Gasteiger partial charge in [0.05, 0.1) is 6.42 Å². The Morgan fingerprint density at radius 2 is 1.83 bits per heavy atom. The minimum atomic E-state index is -1.25. The number of benzene rings is 2. The number of carbonyl (C=O) groups is 2. The zero-order valence-electron chi connectivity index (χ0n) is 12.7. The highest BCUT2D eigenvalue weighted by Gasteiger charge is 2.23. The maximum atomic E-state index is 13.0. The average Bonchev–Trinajstić information content (AvgIpc) is 2.96. The fourth-order valence-electron chi connectivity index (χ4n) is 2.53. The van der Waals surface area contributed by atoms with Gasteiger partial charge in [0.15, 0.2) is 0 Å². The second kappa shape index (κ2) is 6.54. The third-order valence-corrected chi connectivity index (χ3v) is 3.69. The number of hydrogen-bond acceptors (Lipinski definition) is 3. The molecule has 3 aromatic rings. The minimum absolute atomic E-state index is 0.00497. The van der Waals surface area contributed by atoms with Gasteiger partial charge < -0.3 is 15.5 Å². The molecule has 1 atom stereocenters. The number of amides is 1. The second-order valence-electron chi connectivity index (χ2n) is 5.36. The Hall–Kier alpha value is -3.15. The van der Waals surface area contributed by atoms with Gasteiger partial charge >= 0.3 is 5.97 Å². The van der Waals surface area contributed by atoms with E-state index in [4.69, 9.17) is 10.5 Å². The molecule has 1 amide bonds. The molecule has 1 heterocycles. The normalized spacial score (nSPS) is 12.0. The predicted molar refractivity (Wildman–Crippen MR) is 86.4 cm³/mol. The van der Waals surface area contributed by atoms with E-state index in [0.29, 0.717) is 5.56 Å². The number of hydrogen-bond donors (Lipinski definition) is 2. The number of esters is 1. The lowest BCUT2D eigenvalue weighted by molar-refractivity contribution is -0.154. The molecule has 0 aliphatic heterocycles. The third-order valence-electron chi connectivity index (χ3n) is 3.69. The van der Waals surface area contributed by atoms with E-state index in [1.807, 2.05) is 24.3 Å².